The predicted molar refractivity (Wildman–Crippen MR) is 248 cm³/mol. The summed E-state index contributed by atoms with van der Waals surface area (Å²) in [7, 11) is 0. The molecule has 0 heterocycles. The van der Waals surface area contributed by atoms with E-state index in [0.29, 0.717) is 67.9 Å². The van der Waals surface area contributed by atoms with E-state index in [4.69, 9.17) is 4.74 Å². The van der Waals surface area contributed by atoms with Crippen LogP contribution in [0.1, 0.15) is 149 Å². The summed E-state index contributed by atoms with van der Waals surface area (Å²) in [6.07, 6.45) is 11.2. The summed E-state index contributed by atoms with van der Waals surface area (Å²) < 4.78 is 5.87. The van der Waals surface area contributed by atoms with E-state index in [9.17, 15) is 24.6 Å². The van der Waals surface area contributed by atoms with Gasteiger partial charge in [-0.2, -0.15) is 0 Å². The summed E-state index contributed by atoms with van der Waals surface area (Å²) in [5.41, 5.74) is 5.91. The molecule has 4 N–H and O–H groups in total. The third kappa shape index (κ3) is 8.00. The van der Waals surface area contributed by atoms with Crippen LogP contribution in [0.3, 0.4) is 0 Å². The highest BCUT2D eigenvalue weighted by atomic mass is 16.5. The Morgan fingerprint density at radius 1 is 0.714 bits per heavy atom. The summed E-state index contributed by atoms with van der Waals surface area (Å²) in [6, 6.07) is 22.4. The number of fused-ring (bicyclic) bond motifs is 7. The minimum Gasteiger partial charge on any atom is -0.478 e. The number of allylic oxidation sites excluding steroid dienone is 1. The number of rotatable bonds is 13. The molecule has 0 spiro atoms. The molecule has 8 unspecified atom stereocenters. The van der Waals surface area contributed by atoms with Gasteiger partial charge in [-0.25, -0.2) is 4.79 Å². The molecule has 0 bridgehead atoms. The quantitative estimate of drug-likeness (QED) is 0.127. The van der Waals surface area contributed by atoms with Crippen molar-refractivity contribution in [2.75, 3.05) is 6.54 Å². The Labute approximate surface area is 376 Å². The molecule has 3 aromatic carbocycles. The Kier molecular flexibility index (Phi) is 12.4. The Hall–Kier alpha value is -4.27. The van der Waals surface area contributed by atoms with Crippen molar-refractivity contribution in [3.63, 3.8) is 0 Å². The predicted octanol–water partition coefficient (Wildman–Crippen LogP) is 10.7. The summed E-state index contributed by atoms with van der Waals surface area (Å²) >= 11 is 0. The van der Waals surface area contributed by atoms with Gasteiger partial charge in [0.05, 0.1) is 30.3 Å². The number of amides is 2. The lowest BCUT2D eigenvalue weighted by Gasteiger charge is -2.72. The van der Waals surface area contributed by atoms with E-state index in [1.807, 2.05) is 54.6 Å². The third-order valence-corrected chi connectivity index (χ3v) is 18.5. The number of benzene rings is 3. The van der Waals surface area contributed by atoms with Gasteiger partial charge in [0.1, 0.15) is 0 Å². The van der Waals surface area contributed by atoms with E-state index in [1.165, 1.54) is 31.3 Å². The Bertz CT molecular complexity index is 2230. The van der Waals surface area contributed by atoms with Crippen LogP contribution in [0.25, 0.3) is 0 Å². The normalized spacial score (nSPS) is 34.1. The highest BCUT2D eigenvalue weighted by molar-refractivity contribution is 5.94. The van der Waals surface area contributed by atoms with Crippen molar-refractivity contribution in [1.82, 2.24) is 10.6 Å². The number of ether oxygens (including phenoxy) is 1. The van der Waals surface area contributed by atoms with Crippen LogP contribution < -0.4 is 10.6 Å². The van der Waals surface area contributed by atoms with Crippen LogP contribution in [0.5, 0.6) is 0 Å². The second-order valence-electron chi connectivity index (χ2n) is 21.9. The van der Waals surface area contributed by atoms with Crippen molar-refractivity contribution in [2.24, 2.45) is 56.7 Å². The molecular weight excluding hydrogens is 785 g/mol. The number of carboxylic acids is 1. The van der Waals surface area contributed by atoms with Crippen molar-refractivity contribution >= 4 is 17.8 Å². The largest absolute Gasteiger partial charge is 0.478 e. The van der Waals surface area contributed by atoms with Gasteiger partial charge in [-0.15, -0.1) is 0 Å². The molecule has 2 amide bonds. The number of aliphatic hydroxyl groups is 1. The van der Waals surface area contributed by atoms with Crippen LogP contribution in [-0.4, -0.2) is 40.6 Å². The molecule has 5 saturated carbocycles. The van der Waals surface area contributed by atoms with Gasteiger partial charge in [-0.3, -0.25) is 9.59 Å². The maximum Gasteiger partial charge on any atom is 0.335 e. The van der Waals surface area contributed by atoms with Gasteiger partial charge in [-0.05, 0) is 175 Å². The monoisotopic (exact) mass is 857 g/mol. The fraction of sp³-hybridized carbons (Fsp3) is 0.582. The third-order valence-electron chi connectivity index (χ3n) is 18.5. The maximum absolute atomic E-state index is 14.8. The minimum atomic E-state index is -0.964. The SMILES string of the molecule is C=C(C)[C@@H]1CCC2(C(=O)NCCc3cccc(C(=O)NCc4cccc(COCc5cccc(C(=O)O)c5)c4)c3)CC[C@]3(C)C(CCC4C5(C)CCC(O)C(C)(C)C5CCC43C)C12. The van der Waals surface area contributed by atoms with Gasteiger partial charge in [0.2, 0.25) is 5.91 Å². The van der Waals surface area contributed by atoms with Crippen LogP contribution in [0.2, 0.25) is 0 Å². The molecule has 0 saturated heterocycles. The number of aromatic carboxylic acids is 1. The molecule has 5 aliphatic rings. The molecule has 10 atom stereocenters. The second kappa shape index (κ2) is 17.3. The highest BCUT2D eigenvalue weighted by Crippen LogP contribution is 2.77. The topological polar surface area (TPSA) is 125 Å². The number of carboxylic acid groups (broad SMARTS) is 1. The molecular formula is C55H72N2O6. The molecule has 338 valence electrons. The van der Waals surface area contributed by atoms with E-state index < -0.39 is 5.97 Å². The number of hydrogen-bond acceptors (Lipinski definition) is 5. The first-order chi connectivity index (χ1) is 29.9. The lowest BCUT2D eigenvalue weighted by molar-refractivity contribution is -0.246. The maximum atomic E-state index is 14.8. The lowest BCUT2D eigenvalue weighted by atomic mass is 9.32. The van der Waals surface area contributed by atoms with E-state index in [2.05, 4.69) is 58.8 Å². The highest BCUT2D eigenvalue weighted by Gasteiger charge is 2.71. The summed E-state index contributed by atoms with van der Waals surface area (Å²) in [6.45, 7) is 20.8. The first kappa shape index (κ1) is 45.3. The van der Waals surface area contributed by atoms with Gasteiger partial charge >= 0.3 is 5.97 Å². The number of carbonyl (C=O) groups excluding carboxylic acids is 2. The molecule has 8 rings (SSSR count). The average molecular weight is 857 g/mol. The van der Waals surface area contributed by atoms with Crippen LogP contribution in [0.4, 0.5) is 0 Å². The van der Waals surface area contributed by atoms with E-state index >= 15 is 0 Å². The smallest absolute Gasteiger partial charge is 0.335 e. The fourth-order valence-electron chi connectivity index (χ4n) is 15.1. The molecule has 0 aliphatic heterocycles. The summed E-state index contributed by atoms with van der Waals surface area (Å²) in [5, 5.41) is 26.9. The number of carbonyl (C=O) groups is 3. The number of hydrogen-bond donors (Lipinski definition) is 4. The Morgan fingerprint density at radius 3 is 2.11 bits per heavy atom. The average Bonchev–Trinajstić information content (AvgIpc) is 3.66. The number of nitrogens with one attached hydrogen (secondary N) is 2. The van der Waals surface area contributed by atoms with Crippen molar-refractivity contribution in [3.8, 4) is 0 Å². The summed E-state index contributed by atoms with van der Waals surface area (Å²) in [5.74, 6) is 1.40. The van der Waals surface area contributed by atoms with E-state index in [0.717, 1.165) is 60.8 Å². The Balaban J connectivity index is 0.882. The van der Waals surface area contributed by atoms with Crippen molar-refractivity contribution in [3.05, 3.63) is 118 Å². The number of aliphatic hydroxyl groups excluding tert-OH is 1. The minimum absolute atomic E-state index is 0.0645. The molecule has 5 aliphatic carbocycles. The first-order valence-electron chi connectivity index (χ1n) is 23.9. The van der Waals surface area contributed by atoms with Gasteiger partial charge in [0, 0.05) is 18.7 Å². The standard InChI is InChI=1S/C55H72N2O6/c1-35(2)42-19-25-55(27-26-53(6)43(47(42)55)17-18-45-52(5)23-21-46(58)51(3,4)44(52)20-24-54(45,53)7)50(62)56-28-22-36-11-9-15-40(30-36)48(59)57-32-37-12-8-13-38(29-37)33-63-34-39-14-10-16-41(31-39)49(60)61/h8-16,29-31,42-47,58H,1,17-28,32-34H2,2-7H3,(H,56,62)(H,57,59)(H,60,61)/t42-,43?,44?,45?,46?,47?,52?,53+,54?,55?/m0/s1. The zero-order chi connectivity index (χ0) is 45.0. The molecule has 8 nitrogen and oxygen atoms in total. The van der Waals surface area contributed by atoms with Crippen molar-refractivity contribution in [1.29, 1.82) is 0 Å². The van der Waals surface area contributed by atoms with Crippen molar-refractivity contribution in [2.45, 2.75) is 138 Å². The van der Waals surface area contributed by atoms with Crippen molar-refractivity contribution < 1.29 is 29.3 Å². The molecule has 0 radical (unpaired) electrons. The summed E-state index contributed by atoms with van der Waals surface area (Å²) in [4.78, 5) is 39.4. The van der Waals surface area contributed by atoms with Crippen LogP contribution in [-0.2, 0) is 35.7 Å². The molecule has 8 heteroatoms. The van der Waals surface area contributed by atoms with Crippen LogP contribution in [0.15, 0.2) is 84.9 Å². The van der Waals surface area contributed by atoms with Gasteiger partial charge < -0.3 is 25.6 Å². The molecule has 63 heavy (non-hydrogen) atoms. The zero-order valence-corrected chi connectivity index (χ0v) is 38.7. The molecule has 0 aromatic heterocycles. The van der Waals surface area contributed by atoms with Gasteiger partial charge in [-0.1, -0.05) is 95.3 Å². The van der Waals surface area contributed by atoms with Gasteiger partial charge in [0.15, 0.2) is 0 Å². The fourth-order valence-corrected chi connectivity index (χ4v) is 15.1. The molecule has 5 fully saturated rings. The second-order valence-corrected chi connectivity index (χ2v) is 21.9. The zero-order valence-electron chi connectivity index (χ0n) is 38.7. The van der Waals surface area contributed by atoms with Gasteiger partial charge in [0.25, 0.3) is 5.91 Å². The lowest BCUT2D eigenvalue weighted by Crippen LogP contribution is -2.67. The van der Waals surface area contributed by atoms with E-state index in [-0.39, 0.29) is 50.6 Å². The van der Waals surface area contributed by atoms with Crippen LogP contribution >= 0.6 is 0 Å². The van der Waals surface area contributed by atoms with Crippen LogP contribution in [0, 0.1) is 56.7 Å². The first-order valence-corrected chi connectivity index (χ1v) is 23.9. The van der Waals surface area contributed by atoms with E-state index in [1.54, 1.807) is 18.2 Å². The Morgan fingerprint density at radius 2 is 1.38 bits per heavy atom. The molecule has 3 aromatic rings.